The van der Waals surface area contributed by atoms with Gasteiger partial charge in [0.2, 0.25) is 5.91 Å². The van der Waals surface area contributed by atoms with Crippen LogP contribution < -0.4 is 14.8 Å². The van der Waals surface area contributed by atoms with E-state index >= 15 is 0 Å². The van der Waals surface area contributed by atoms with Crippen molar-refractivity contribution < 1.29 is 28.5 Å². The maximum absolute atomic E-state index is 13.6. The summed E-state index contributed by atoms with van der Waals surface area (Å²) in [5.74, 6) is 2.13. The van der Waals surface area contributed by atoms with Gasteiger partial charge in [-0.1, -0.05) is 18.2 Å². The van der Waals surface area contributed by atoms with Gasteiger partial charge in [0.15, 0.2) is 11.5 Å². The highest BCUT2D eigenvalue weighted by Gasteiger charge is 2.34. The number of rotatable bonds is 6. The van der Waals surface area contributed by atoms with E-state index in [4.69, 9.17) is 18.9 Å². The third-order valence-corrected chi connectivity index (χ3v) is 7.78. The largest absolute Gasteiger partial charge is 0.493 e. The van der Waals surface area contributed by atoms with Crippen molar-refractivity contribution in [3.8, 4) is 17.2 Å². The highest BCUT2D eigenvalue weighted by Crippen LogP contribution is 2.33. The maximum Gasteiger partial charge on any atom is 0.272 e. The molecule has 1 aromatic heterocycles. The normalized spacial score (nSPS) is 19.5. The number of amides is 2. The zero-order chi connectivity index (χ0) is 31.1. The summed E-state index contributed by atoms with van der Waals surface area (Å²) in [6.45, 7) is 6.69. The number of nitrogens with zero attached hydrogens (tertiary/aromatic N) is 4. The topological polar surface area (TPSA) is 115 Å². The van der Waals surface area contributed by atoms with E-state index in [0.29, 0.717) is 74.6 Å². The molecular weight excluding hydrogens is 562 g/mol. The number of aromatic nitrogens is 2. The SMILES string of the molecule is COCCCN1CC(=O)N[C@H]2CN(C(=O)c3cc(C)nc(C)n3)CC[C@H]2OCc2cccc(c2)Oc2cc(ccc2OC)C1. The molecule has 1 fully saturated rings. The third-order valence-electron chi connectivity index (χ3n) is 7.78. The first kappa shape index (κ1) is 31.4. The maximum atomic E-state index is 13.6. The first-order valence-electron chi connectivity index (χ1n) is 15.0. The molecule has 2 aliphatic rings. The summed E-state index contributed by atoms with van der Waals surface area (Å²) in [5.41, 5.74) is 3.01. The van der Waals surface area contributed by atoms with Crippen molar-refractivity contribution in [2.75, 3.05) is 47.0 Å². The predicted octanol–water partition coefficient (Wildman–Crippen LogP) is 3.66. The fourth-order valence-electron chi connectivity index (χ4n) is 5.73. The summed E-state index contributed by atoms with van der Waals surface area (Å²) in [4.78, 5) is 39.5. The van der Waals surface area contributed by atoms with Crippen molar-refractivity contribution in [3.05, 3.63) is 76.9 Å². The van der Waals surface area contributed by atoms with Crippen molar-refractivity contribution in [3.63, 3.8) is 0 Å². The molecule has 44 heavy (non-hydrogen) atoms. The average molecular weight is 604 g/mol. The Labute approximate surface area is 258 Å². The van der Waals surface area contributed by atoms with Crippen LogP contribution >= 0.6 is 0 Å². The van der Waals surface area contributed by atoms with Crippen molar-refractivity contribution in [1.82, 2.24) is 25.1 Å². The fourth-order valence-corrected chi connectivity index (χ4v) is 5.73. The van der Waals surface area contributed by atoms with Crippen molar-refractivity contribution in [2.24, 2.45) is 0 Å². The van der Waals surface area contributed by atoms with Crippen molar-refractivity contribution in [1.29, 1.82) is 0 Å². The number of ether oxygens (including phenoxy) is 4. The van der Waals surface area contributed by atoms with Crippen LogP contribution in [0, 0.1) is 13.8 Å². The minimum absolute atomic E-state index is 0.136. The number of hydrogen-bond acceptors (Lipinski definition) is 9. The first-order valence-corrected chi connectivity index (χ1v) is 15.0. The molecule has 5 rings (SSSR count). The van der Waals surface area contributed by atoms with Crippen molar-refractivity contribution in [2.45, 2.75) is 52.0 Å². The Balaban J connectivity index is 1.42. The lowest BCUT2D eigenvalue weighted by atomic mass is 10.0. The highest BCUT2D eigenvalue weighted by atomic mass is 16.5. The number of piperidine rings is 1. The smallest absolute Gasteiger partial charge is 0.272 e. The molecule has 1 N–H and O–H groups in total. The molecule has 0 spiro atoms. The molecule has 3 heterocycles. The number of aryl methyl sites for hydroxylation is 2. The van der Waals surface area contributed by atoms with Crippen LogP contribution in [-0.4, -0.2) is 90.7 Å². The van der Waals surface area contributed by atoms with E-state index in [1.165, 1.54) is 0 Å². The quantitative estimate of drug-likeness (QED) is 0.422. The second-order valence-corrected chi connectivity index (χ2v) is 11.3. The highest BCUT2D eigenvalue weighted by molar-refractivity contribution is 5.92. The summed E-state index contributed by atoms with van der Waals surface area (Å²) in [5, 5.41) is 3.20. The van der Waals surface area contributed by atoms with E-state index in [2.05, 4.69) is 20.2 Å². The summed E-state index contributed by atoms with van der Waals surface area (Å²) in [6, 6.07) is 14.9. The molecule has 1 saturated heterocycles. The van der Waals surface area contributed by atoms with Gasteiger partial charge in [0.1, 0.15) is 17.3 Å². The van der Waals surface area contributed by atoms with Gasteiger partial charge in [0, 0.05) is 45.6 Å². The van der Waals surface area contributed by atoms with Gasteiger partial charge in [-0.3, -0.25) is 14.5 Å². The number of carbonyl (C=O) groups is 2. The molecule has 2 aliphatic heterocycles. The Kier molecular flexibility index (Phi) is 10.4. The lowest BCUT2D eigenvalue weighted by molar-refractivity contribution is -0.125. The number of benzene rings is 2. The fraction of sp³-hybridized carbons (Fsp3) is 0.455. The van der Waals surface area contributed by atoms with Gasteiger partial charge in [-0.05, 0) is 68.1 Å². The summed E-state index contributed by atoms with van der Waals surface area (Å²) in [7, 11) is 3.29. The molecule has 0 radical (unpaired) electrons. The van der Waals surface area contributed by atoms with E-state index in [-0.39, 0.29) is 24.5 Å². The number of fused-ring (bicyclic) bond motifs is 5. The van der Waals surface area contributed by atoms with Crippen LogP contribution in [-0.2, 0) is 27.4 Å². The zero-order valence-electron chi connectivity index (χ0n) is 25.9. The number of nitrogens with one attached hydrogen (secondary N) is 1. The van der Waals surface area contributed by atoms with Crippen LogP contribution in [0.4, 0.5) is 0 Å². The molecule has 0 unspecified atom stereocenters. The van der Waals surface area contributed by atoms with Crippen molar-refractivity contribution >= 4 is 11.8 Å². The Morgan fingerprint density at radius 1 is 1.07 bits per heavy atom. The minimum atomic E-state index is -0.398. The van der Waals surface area contributed by atoms with Crippen LogP contribution in [0.2, 0.25) is 0 Å². The summed E-state index contributed by atoms with van der Waals surface area (Å²) < 4.78 is 23.6. The predicted molar refractivity (Wildman–Crippen MR) is 164 cm³/mol. The number of methoxy groups -OCH3 is 2. The molecule has 0 aliphatic carbocycles. The number of likely N-dealkylation sites (tertiary alicyclic amines) is 1. The Hall–Kier alpha value is -4.06. The molecule has 0 saturated carbocycles. The minimum Gasteiger partial charge on any atom is -0.493 e. The molecule has 2 atom stereocenters. The standard InChI is InChI=1S/C33H41N5O6/c1-22-15-27(35-23(2)34-22)33(40)38-13-11-29-28(19-38)36-32(39)20-37(12-6-14-41-3)18-24-9-10-30(42-4)31(17-24)44-26-8-5-7-25(16-26)21-43-29/h5,7-10,15-17,28-29H,6,11-14,18-21H2,1-4H3,(H,36,39)/t28-,29+/m0/s1. The van der Waals surface area contributed by atoms with E-state index < -0.39 is 6.04 Å². The van der Waals surface area contributed by atoms with Crippen LogP contribution in [0.25, 0.3) is 0 Å². The monoisotopic (exact) mass is 603 g/mol. The lowest BCUT2D eigenvalue weighted by Gasteiger charge is -2.39. The van der Waals surface area contributed by atoms with Gasteiger partial charge in [-0.25, -0.2) is 9.97 Å². The number of carbonyl (C=O) groups excluding carboxylic acids is 2. The Bertz CT molecular complexity index is 1450. The van der Waals surface area contributed by atoms with E-state index in [9.17, 15) is 9.59 Å². The molecule has 2 amide bonds. The third kappa shape index (κ3) is 8.10. The molecule has 11 heteroatoms. The molecule has 3 aromatic rings. The Morgan fingerprint density at radius 2 is 1.93 bits per heavy atom. The molecule has 11 nitrogen and oxygen atoms in total. The van der Waals surface area contributed by atoms with Gasteiger partial charge in [0.25, 0.3) is 5.91 Å². The summed E-state index contributed by atoms with van der Waals surface area (Å²) >= 11 is 0. The van der Waals surface area contributed by atoms with Crippen LogP contribution in [0.15, 0.2) is 48.5 Å². The summed E-state index contributed by atoms with van der Waals surface area (Å²) in [6.07, 6.45) is 1.05. The lowest BCUT2D eigenvalue weighted by Crippen LogP contribution is -2.58. The molecular formula is C33H41N5O6. The van der Waals surface area contributed by atoms with Gasteiger partial charge >= 0.3 is 0 Å². The van der Waals surface area contributed by atoms with Crippen LogP contribution in [0.5, 0.6) is 17.2 Å². The second-order valence-electron chi connectivity index (χ2n) is 11.3. The number of hydrogen-bond donors (Lipinski definition) is 1. The molecule has 4 bridgehead atoms. The van der Waals surface area contributed by atoms with Gasteiger partial charge in [-0.2, -0.15) is 0 Å². The first-order chi connectivity index (χ1) is 21.3. The van der Waals surface area contributed by atoms with Gasteiger partial charge in [-0.15, -0.1) is 0 Å². The average Bonchev–Trinajstić information content (AvgIpc) is 2.99. The van der Waals surface area contributed by atoms with Crippen LogP contribution in [0.1, 0.15) is 46.0 Å². The van der Waals surface area contributed by atoms with Crippen LogP contribution in [0.3, 0.4) is 0 Å². The molecule has 234 valence electrons. The molecule has 2 aromatic carbocycles. The Morgan fingerprint density at radius 3 is 2.73 bits per heavy atom. The van der Waals surface area contributed by atoms with Gasteiger partial charge in [0.05, 0.1) is 32.4 Å². The zero-order valence-corrected chi connectivity index (χ0v) is 25.9. The van der Waals surface area contributed by atoms with E-state index in [1.54, 1.807) is 32.1 Å². The van der Waals surface area contributed by atoms with Gasteiger partial charge < -0.3 is 29.2 Å². The van der Waals surface area contributed by atoms with E-state index in [1.807, 2.05) is 49.4 Å². The second kappa shape index (κ2) is 14.6. The van der Waals surface area contributed by atoms with E-state index in [0.717, 1.165) is 23.2 Å².